The van der Waals surface area contributed by atoms with Crippen molar-refractivity contribution in [3.05, 3.63) is 64.5 Å². The monoisotopic (exact) mass is 454 g/mol. The number of fused-ring (bicyclic) bond motifs is 1. The Morgan fingerprint density at radius 3 is 2.61 bits per heavy atom. The summed E-state index contributed by atoms with van der Waals surface area (Å²) in [5.41, 5.74) is 0.418. The van der Waals surface area contributed by atoms with Gasteiger partial charge in [0.15, 0.2) is 0 Å². The number of methoxy groups -OCH3 is 1. The predicted molar refractivity (Wildman–Crippen MR) is 124 cm³/mol. The van der Waals surface area contributed by atoms with E-state index in [-0.39, 0.29) is 23.6 Å². The number of nitro groups is 1. The fourth-order valence-corrected chi connectivity index (χ4v) is 4.59. The molecular weight excluding hydrogens is 424 g/mol. The first-order valence-corrected chi connectivity index (χ1v) is 10.9. The van der Waals surface area contributed by atoms with Crippen molar-refractivity contribution < 1.29 is 24.0 Å². The number of hydrogen-bond acceptors (Lipinski definition) is 6. The zero-order valence-electron chi connectivity index (χ0n) is 19.6. The van der Waals surface area contributed by atoms with Crippen LogP contribution in [0.2, 0.25) is 0 Å². The topological polar surface area (TPSA) is 101 Å². The lowest BCUT2D eigenvalue weighted by Gasteiger charge is -2.37. The molecule has 0 amide bonds. The highest BCUT2D eigenvalue weighted by Gasteiger charge is 2.41. The number of para-hydroxylation sites is 1. The molecule has 8 nitrogen and oxygen atoms in total. The lowest BCUT2D eigenvalue weighted by atomic mass is 9.72. The van der Waals surface area contributed by atoms with Gasteiger partial charge in [0.05, 0.1) is 23.2 Å². The van der Waals surface area contributed by atoms with Crippen molar-refractivity contribution in [2.75, 3.05) is 7.11 Å². The van der Waals surface area contributed by atoms with Crippen LogP contribution in [0.5, 0.6) is 0 Å². The van der Waals surface area contributed by atoms with E-state index in [9.17, 15) is 19.7 Å². The first kappa shape index (κ1) is 24.2. The summed E-state index contributed by atoms with van der Waals surface area (Å²) in [6, 6.07) is 6.34. The van der Waals surface area contributed by atoms with Gasteiger partial charge in [-0.3, -0.25) is 14.9 Å². The number of aromatic nitrogens is 1. The third-order valence-electron chi connectivity index (χ3n) is 5.93. The van der Waals surface area contributed by atoms with Gasteiger partial charge >= 0.3 is 11.9 Å². The summed E-state index contributed by atoms with van der Waals surface area (Å²) in [4.78, 5) is 36.6. The lowest BCUT2D eigenvalue weighted by Crippen LogP contribution is -2.33. The molecule has 8 heteroatoms. The van der Waals surface area contributed by atoms with Crippen LogP contribution in [0, 0.1) is 10.1 Å². The molecule has 0 unspecified atom stereocenters. The molecule has 0 saturated heterocycles. The van der Waals surface area contributed by atoms with E-state index < -0.39 is 21.9 Å². The SMILES string of the molecule is C=C[C@@]1(CCC(=O)OC(C)(C)C)CCCn2cc(C(=O)OC)c(-c3ccccc3[N+](=O)[O-])c21. The van der Waals surface area contributed by atoms with Gasteiger partial charge in [-0.05, 0) is 46.1 Å². The van der Waals surface area contributed by atoms with Gasteiger partial charge in [0.2, 0.25) is 0 Å². The first-order valence-electron chi connectivity index (χ1n) is 10.9. The second-order valence-electron chi connectivity index (χ2n) is 9.28. The van der Waals surface area contributed by atoms with Crippen molar-refractivity contribution in [2.45, 2.75) is 64.0 Å². The van der Waals surface area contributed by atoms with Crippen LogP contribution in [0.25, 0.3) is 11.1 Å². The molecule has 0 saturated carbocycles. The van der Waals surface area contributed by atoms with Crippen LogP contribution in [-0.4, -0.2) is 34.1 Å². The van der Waals surface area contributed by atoms with Crippen molar-refractivity contribution in [1.29, 1.82) is 0 Å². The van der Waals surface area contributed by atoms with Crippen LogP contribution >= 0.6 is 0 Å². The van der Waals surface area contributed by atoms with Gasteiger partial charge in [0.25, 0.3) is 5.69 Å². The van der Waals surface area contributed by atoms with E-state index >= 15 is 0 Å². The first-order chi connectivity index (χ1) is 15.5. The second kappa shape index (κ2) is 9.21. The van der Waals surface area contributed by atoms with Crippen molar-refractivity contribution in [1.82, 2.24) is 4.57 Å². The van der Waals surface area contributed by atoms with Crippen molar-refractivity contribution >= 4 is 17.6 Å². The number of rotatable bonds is 7. The van der Waals surface area contributed by atoms with Gasteiger partial charge in [0.1, 0.15) is 5.60 Å². The maximum atomic E-state index is 12.7. The Balaban J connectivity index is 2.19. The zero-order chi connectivity index (χ0) is 24.4. The Bertz CT molecular complexity index is 1090. The van der Waals surface area contributed by atoms with E-state index in [4.69, 9.17) is 9.47 Å². The van der Waals surface area contributed by atoms with Crippen LogP contribution in [0.3, 0.4) is 0 Å². The van der Waals surface area contributed by atoms with E-state index in [1.165, 1.54) is 13.2 Å². The number of esters is 2. The van der Waals surface area contributed by atoms with E-state index in [1.807, 2.05) is 25.3 Å². The van der Waals surface area contributed by atoms with Crippen LogP contribution in [0.15, 0.2) is 43.1 Å². The minimum atomic E-state index is -0.666. The molecule has 0 radical (unpaired) electrons. The highest BCUT2D eigenvalue weighted by Crippen LogP contribution is 2.48. The lowest BCUT2D eigenvalue weighted by molar-refractivity contribution is -0.384. The average Bonchev–Trinajstić information content (AvgIpc) is 3.16. The number of ether oxygens (including phenoxy) is 2. The molecule has 2 aromatic rings. The molecule has 1 aromatic heterocycles. The molecule has 33 heavy (non-hydrogen) atoms. The molecule has 176 valence electrons. The minimum absolute atomic E-state index is 0.104. The van der Waals surface area contributed by atoms with Crippen molar-refractivity contribution in [3.8, 4) is 11.1 Å². The Morgan fingerprint density at radius 1 is 1.30 bits per heavy atom. The number of nitrogens with zero attached hydrogens (tertiary/aromatic N) is 2. The molecule has 3 rings (SSSR count). The molecule has 0 aliphatic carbocycles. The standard InChI is InChI=1S/C25H30N2O6/c1-6-25(14-12-20(28)33-24(2,3)4)13-9-15-26-16-18(23(29)32-5)21(22(25)26)17-10-7-8-11-19(17)27(30)31/h6-8,10-11,16H,1,9,12-15H2,2-5H3/t25-/m0/s1. The Labute approximate surface area is 193 Å². The summed E-state index contributed by atoms with van der Waals surface area (Å²) in [5.74, 6) is -0.900. The number of carbonyl (C=O) groups excluding carboxylic acids is 2. The van der Waals surface area contributed by atoms with E-state index in [0.29, 0.717) is 30.5 Å². The third kappa shape index (κ3) is 4.84. The molecule has 1 aliphatic heterocycles. The zero-order valence-corrected chi connectivity index (χ0v) is 19.6. The summed E-state index contributed by atoms with van der Waals surface area (Å²) in [6.07, 6.45) is 5.54. The fourth-order valence-electron chi connectivity index (χ4n) is 4.59. The van der Waals surface area contributed by atoms with Crippen molar-refractivity contribution in [2.24, 2.45) is 0 Å². The van der Waals surface area contributed by atoms with E-state index in [1.54, 1.807) is 30.5 Å². The number of hydrogen-bond donors (Lipinski definition) is 0. The van der Waals surface area contributed by atoms with Gasteiger partial charge in [0, 0.05) is 41.9 Å². The number of allylic oxidation sites excluding steroid dienone is 1. The fraction of sp³-hybridized carbons (Fsp3) is 0.440. The van der Waals surface area contributed by atoms with Gasteiger partial charge in [-0.1, -0.05) is 18.2 Å². The summed E-state index contributed by atoms with van der Waals surface area (Å²) < 4.78 is 12.4. The maximum Gasteiger partial charge on any atom is 0.340 e. The molecule has 0 spiro atoms. The summed E-state index contributed by atoms with van der Waals surface area (Å²) in [5, 5.41) is 11.8. The van der Waals surface area contributed by atoms with Crippen LogP contribution < -0.4 is 0 Å². The number of nitro benzene ring substituents is 1. The normalized spacial score (nSPS) is 17.7. The van der Waals surface area contributed by atoms with Crippen LogP contribution in [-0.2, 0) is 26.2 Å². The van der Waals surface area contributed by atoms with Crippen LogP contribution in [0.4, 0.5) is 5.69 Å². The van der Waals surface area contributed by atoms with Gasteiger partial charge in [-0.15, -0.1) is 6.58 Å². The van der Waals surface area contributed by atoms with E-state index in [0.717, 1.165) is 12.1 Å². The molecule has 0 fully saturated rings. The minimum Gasteiger partial charge on any atom is -0.465 e. The molecule has 0 N–H and O–H groups in total. The molecule has 2 heterocycles. The molecule has 0 bridgehead atoms. The summed E-state index contributed by atoms with van der Waals surface area (Å²) in [6.45, 7) is 10.1. The number of carbonyl (C=O) groups is 2. The summed E-state index contributed by atoms with van der Waals surface area (Å²) >= 11 is 0. The average molecular weight is 455 g/mol. The molecule has 1 aliphatic rings. The molecule has 1 aromatic carbocycles. The smallest absolute Gasteiger partial charge is 0.340 e. The number of benzene rings is 1. The quantitative estimate of drug-likeness (QED) is 0.247. The van der Waals surface area contributed by atoms with Gasteiger partial charge < -0.3 is 14.0 Å². The largest absolute Gasteiger partial charge is 0.465 e. The maximum absolute atomic E-state index is 12.7. The second-order valence-corrected chi connectivity index (χ2v) is 9.28. The highest BCUT2D eigenvalue weighted by molar-refractivity contribution is 6.00. The number of aryl methyl sites for hydroxylation is 1. The predicted octanol–water partition coefficient (Wildman–Crippen LogP) is 5.19. The van der Waals surface area contributed by atoms with Crippen LogP contribution in [0.1, 0.15) is 62.5 Å². The summed E-state index contributed by atoms with van der Waals surface area (Å²) in [7, 11) is 1.28. The molecular formula is C25H30N2O6. The Morgan fingerprint density at radius 2 is 2.00 bits per heavy atom. The van der Waals surface area contributed by atoms with Crippen molar-refractivity contribution in [3.63, 3.8) is 0 Å². The van der Waals surface area contributed by atoms with Gasteiger partial charge in [-0.25, -0.2) is 4.79 Å². The molecule has 1 atom stereocenters. The Hall–Kier alpha value is -3.42. The highest BCUT2D eigenvalue weighted by atomic mass is 16.6. The Kier molecular flexibility index (Phi) is 6.76. The third-order valence-corrected chi connectivity index (χ3v) is 5.93. The van der Waals surface area contributed by atoms with E-state index in [2.05, 4.69) is 6.58 Å². The van der Waals surface area contributed by atoms with Gasteiger partial charge in [-0.2, -0.15) is 0 Å².